The third-order valence-corrected chi connectivity index (χ3v) is 1.87. The zero-order valence-corrected chi connectivity index (χ0v) is 9.25. The molecule has 1 aromatic heterocycles. The summed E-state index contributed by atoms with van der Waals surface area (Å²) in [5.41, 5.74) is -0.0871. The molecular weight excluding hydrogens is 235 g/mol. The second-order valence-corrected chi connectivity index (χ2v) is 3.47. The minimum absolute atomic E-state index is 0.0871. The maximum Gasteiger partial charge on any atom is 0.396 e. The summed E-state index contributed by atoms with van der Waals surface area (Å²) in [6.45, 7) is 2.32. The monoisotopic (exact) mass is 247 g/mol. The molecule has 0 aliphatic carbocycles. The molecule has 0 N–H and O–H groups in total. The Morgan fingerprint density at radius 1 is 1.41 bits per heavy atom. The number of aromatic nitrogens is 1. The van der Waals surface area contributed by atoms with Crippen molar-refractivity contribution in [3.8, 4) is 5.75 Å². The van der Waals surface area contributed by atoms with Gasteiger partial charge in [-0.1, -0.05) is 6.92 Å². The molecule has 0 radical (unpaired) electrons. The van der Waals surface area contributed by atoms with E-state index in [1.54, 1.807) is 0 Å². The summed E-state index contributed by atoms with van der Waals surface area (Å²) in [4.78, 5) is 14.9. The molecule has 0 amide bonds. The van der Waals surface area contributed by atoms with E-state index in [2.05, 4.69) is 4.98 Å². The normalized spacial score (nSPS) is 11.3. The topological polar surface area (TPSA) is 39.2 Å². The number of Topliss-reactive ketones (excluding diaryl/α,β-unsaturated/α-hetero) is 1. The highest BCUT2D eigenvalue weighted by Crippen LogP contribution is 2.23. The highest BCUT2D eigenvalue weighted by molar-refractivity contribution is 5.96. The van der Waals surface area contributed by atoms with Crippen molar-refractivity contribution in [3.05, 3.63) is 24.0 Å². The first kappa shape index (κ1) is 13.5. The molecule has 0 unspecified atom stereocenters. The number of hydrogen-bond acceptors (Lipinski definition) is 3. The van der Waals surface area contributed by atoms with Crippen LogP contribution in [0, 0.1) is 0 Å². The van der Waals surface area contributed by atoms with Gasteiger partial charge in [-0.25, -0.2) is 0 Å². The average molecular weight is 247 g/mol. The van der Waals surface area contributed by atoms with Gasteiger partial charge in [0, 0.05) is 11.8 Å². The van der Waals surface area contributed by atoms with E-state index in [9.17, 15) is 18.0 Å². The van der Waals surface area contributed by atoms with Gasteiger partial charge >= 0.3 is 6.18 Å². The molecule has 1 rings (SSSR count). The second-order valence-electron chi connectivity index (χ2n) is 3.47. The lowest BCUT2D eigenvalue weighted by atomic mass is 10.1. The van der Waals surface area contributed by atoms with Crippen molar-refractivity contribution in [2.75, 3.05) is 6.61 Å². The Hall–Kier alpha value is -1.59. The van der Waals surface area contributed by atoms with Crippen LogP contribution in [0.5, 0.6) is 5.75 Å². The summed E-state index contributed by atoms with van der Waals surface area (Å²) >= 11 is 0. The Bertz CT molecular complexity index is 391. The maximum atomic E-state index is 12.0. The van der Waals surface area contributed by atoms with Crippen molar-refractivity contribution in [3.63, 3.8) is 0 Å². The molecule has 0 aliphatic heterocycles. The van der Waals surface area contributed by atoms with Crippen LogP contribution in [0.3, 0.4) is 0 Å². The van der Waals surface area contributed by atoms with Crippen molar-refractivity contribution in [1.82, 2.24) is 4.98 Å². The van der Waals surface area contributed by atoms with Crippen LogP contribution in [-0.2, 0) is 0 Å². The molecular formula is C11H12F3NO2. The molecule has 0 aliphatic rings. The van der Waals surface area contributed by atoms with Gasteiger partial charge in [0.2, 0.25) is 0 Å². The number of ether oxygens (including phenoxy) is 1. The number of carbonyl (C=O) groups is 1. The third kappa shape index (κ3) is 4.84. The smallest absolute Gasteiger partial charge is 0.396 e. The number of pyridine rings is 1. The van der Waals surface area contributed by atoms with Crippen molar-refractivity contribution >= 4 is 5.78 Å². The van der Waals surface area contributed by atoms with E-state index >= 15 is 0 Å². The van der Waals surface area contributed by atoms with Gasteiger partial charge in [0.05, 0.1) is 12.8 Å². The number of rotatable bonds is 5. The molecule has 0 spiro atoms. The molecule has 17 heavy (non-hydrogen) atoms. The van der Waals surface area contributed by atoms with Crippen molar-refractivity contribution in [1.29, 1.82) is 0 Å². The molecule has 0 bridgehead atoms. The predicted octanol–water partition coefficient (Wildman–Crippen LogP) is 3.01. The van der Waals surface area contributed by atoms with Gasteiger partial charge in [0.25, 0.3) is 0 Å². The fraction of sp³-hybridized carbons (Fsp3) is 0.455. The summed E-state index contributed by atoms with van der Waals surface area (Å²) in [7, 11) is 0. The Morgan fingerprint density at radius 2 is 2.12 bits per heavy atom. The van der Waals surface area contributed by atoms with Crippen LogP contribution in [0.25, 0.3) is 0 Å². The predicted molar refractivity (Wildman–Crippen MR) is 55.0 cm³/mol. The molecule has 1 aromatic rings. The van der Waals surface area contributed by atoms with Crippen LogP contribution in [0.15, 0.2) is 18.5 Å². The van der Waals surface area contributed by atoms with Crippen molar-refractivity contribution in [2.24, 2.45) is 0 Å². The van der Waals surface area contributed by atoms with E-state index in [1.807, 2.05) is 6.92 Å². The number of carbonyl (C=O) groups excluding carboxylic acids is 1. The van der Waals surface area contributed by atoms with Gasteiger partial charge < -0.3 is 4.74 Å². The van der Waals surface area contributed by atoms with E-state index in [4.69, 9.17) is 4.74 Å². The third-order valence-electron chi connectivity index (χ3n) is 1.87. The molecule has 0 atom stereocenters. The second kappa shape index (κ2) is 5.65. The number of nitrogens with zero attached hydrogens (tertiary/aromatic N) is 1. The van der Waals surface area contributed by atoms with Crippen LogP contribution in [0.2, 0.25) is 0 Å². The van der Waals surface area contributed by atoms with Crippen LogP contribution in [-0.4, -0.2) is 23.6 Å². The van der Waals surface area contributed by atoms with Gasteiger partial charge in [-0.05, 0) is 12.5 Å². The Kier molecular flexibility index (Phi) is 4.48. The Labute approximate surface area is 96.6 Å². The molecule has 0 aromatic carbocycles. The Morgan fingerprint density at radius 3 is 2.71 bits per heavy atom. The summed E-state index contributed by atoms with van der Waals surface area (Å²) < 4.78 is 41.2. The molecule has 3 nitrogen and oxygen atoms in total. The van der Waals surface area contributed by atoms with Crippen LogP contribution >= 0.6 is 0 Å². The zero-order valence-electron chi connectivity index (χ0n) is 9.25. The first-order chi connectivity index (χ1) is 7.92. The average Bonchev–Trinajstić information content (AvgIpc) is 2.24. The van der Waals surface area contributed by atoms with Gasteiger partial charge in [-0.15, -0.1) is 0 Å². The van der Waals surface area contributed by atoms with Gasteiger partial charge in [-0.3, -0.25) is 9.78 Å². The first-order valence-corrected chi connectivity index (χ1v) is 5.10. The van der Waals surface area contributed by atoms with Gasteiger partial charge in [0.1, 0.15) is 12.2 Å². The number of halogens is 3. The molecule has 94 valence electrons. The largest absolute Gasteiger partial charge is 0.492 e. The van der Waals surface area contributed by atoms with E-state index < -0.39 is 18.4 Å². The van der Waals surface area contributed by atoms with Gasteiger partial charge in [-0.2, -0.15) is 13.2 Å². The fourth-order valence-electron chi connectivity index (χ4n) is 1.15. The first-order valence-electron chi connectivity index (χ1n) is 5.10. The molecule has 6 heteroatoms. The van der Waals surface area contributed by atoms with E-state index in [0.717, 1.165) is 12.6 Å². The van der Waals surface area contributed by atoms with E-state index in [-0.39, 0.29) is 5.56 Å². The molecule has 0 saturated carbocycles. The zero-order chi connectivity index (χ0) is 12.9. The fourth-order valence-corrected chi connectivity index (χ4v) is 1.15. The minimum Gasteiger partial charge on any atom is -0.492 e. The van der Waals surface area contributed by atoms with Crippen molar-refractivity contribution in [2.45, 2.75) is 25.9 Å². The lowest BCUT2D eigenvalue weighted by Crippen LogP contribution is -2.15. The lowest BCUT2D eigenvalue weighted by molar-refractivity contribution is -0.125. The molecule has 1 heterocycles. The quantitative estimate of drug-likeness (QED) is 0.751. The Balaban J connectivity index is 2.74. The summed E-state index contributed by atoms with van der Waals surface area (Å²) in [6, 6.07) is 1.27. The number of ketones is 1. The standard InChI is InChI=1S/C11H12F3NO2/c1-2-3-17-9-4-8(6-15-7-9)10(16)5-11(12,13)14/h4,6-7H,2-3,5H2,1H3. The minimum atomic E-state index is -4.50. The highest BCUT2D eigenvalue weighted by atomic mass is 19.4. The lowest BCUT2D eigenvalue weighted by Gasteiger charge is -2.07. The van der Waals surface area contributed by atoms with E-state index in [1.165, 1.54) is 12.3 Å². The van der Waals surface area contributed by atoms with Crippen LogP contribution in [0.1, 0.15) is 30.1 Å². The van der Waals surface area contributed by atoms with Crippen molar-refractivity contribution < 1.29 is 22.7 Å². The molecule has 0 saturated heterocycles. The SMILES string of the molecule is CCCOc1cncc(C(=O)CC(F)(F)F)c1. The number of hydrogen-bond donors (Lipinski definition) is 0. The highest BCUT2D eigenvalue weighted by Gasteiger charge is 2.31. The van der Waals surface area contributed by atoms with Crippen LogP contribution < -0.4 is 4.74 Å². The summed E-state index contributed by atoms with van der Waals surface area (Å²) in [5, 5.41) is 0. The summed E-state index contributed by atoms with van der Waals surface area (Å²) in [5.74, 6) is -0.702. The van der Waals surface area contributed by atoms with Crippen LogP contribution in [0.4, 0.5) is 13.2 Å². The van der Waals surface area contributed by atoms with Gasteiger partial charge in [0.15, 0.2) is 5.78 Å². The summed E-state index contributed by atoms with van der Waals surface area (Å²) in [6.07, 6.45) is -2.75. The van der Waals surface area contributed by atoms with E-state index in [0.29, 0.717) is 12.4 Å². The maximum absolute atomic E-state index is 12.0. The number of alkyl halides is 3. The molecule has 0 fully saturated rings.